The van der Waals surface area contributed by atoms with E-state index in [4.69, 9.17) is 9.72 Å². The second kappa shape index (κ2) is 7.33. The number of aromatic nitrogens is 1. The van der Waals surface area contributed by atoms with Gasteiger partial charge in [-0.25, -0.2) is 0 Å². The van der Waals surface area contributed by atoms with Crippen LogP contribution in [0.2, 0.25) is 0 Å². The largest absolute Gasteiger partial charge is 0.379 e. The molecule has 2 unspecified atom stereocenters. The Morgan fingerprint density at radius 1 is 1.23 bits per heavy atom. The highest BCUT2D eigenvalue weighted by Gasteiger charge is 2.28. The average molecular weight is 353 g/mol. The normalized spacial score (nSPS) is 20.7. The molecule has 1 aromatic heterocycles. The quantitative estimate of drug-likeness (QED) is 0.898. The summed E-state index contributed by atoms with van der Waals surface area (Å²) in [5.74, 6) is 0.522. The zero-order valence-electron chi connectivity index (χ0n) is 15.6. The van der Waals surface area contributed by atoms with Gasteiger partial charge in [-0.05, 0) is 38.8 Å². The molecule has 2 atom stereocenters. The molecule has 2 heterocycles. The van der Waals surface area contributed by atoms with Gasteiger partial charge >= 0.3 is 0 Å². The smallest absolute Gasteiger partial charge is 0.252 e. The Hall–Kier alpha value is -1.98. The summed E-state index contributed by atoms with van der Waals surface area (Å²) < 4.78 is 5.43. The van der Waals surface area contributed by atoms with Gasteiger partial charge in [-0.1, -0.05) is 18.2 Å². The molecular weight excluding hydrogens is 326 g/mol. The van der Waals surface area contributed by atoms with Gasteiger partial charge in [0.1, 0.15) is 0 Å². The molecule has 5 nitrogen and oxygen atoms in total. The summed E-state index contributed by atoms with van der Waals surface area (Å²) in [6.45, 7) is 7.64. The van der Waals surface area contributed by atoms with Crippen LogP contribution in [0.25, 0.3) is 10.9 Å². The molecule has 1 aliphatic carbocycles. The fourth-order valence-corrected chi connectivity index (χ4v) is 3.68. The predicted molar refractivity (Wildman–Crippen MR) is 103 cm³/mol. The molecule has 26 heavy (non-hydrogen) atoms. The molecule has 1 aromatic carbocycles. The van der Waals surface area contributed by atoms with Gasteiger partial charge in [0.25, 0.3) is 5.91 Å². The second-order valence-electron chi connectivity index (χ2n) is 7.54. The van der Waals surface area contributed by atoms with Crippen molar-refractivity contribution in [2.75, 3.05) is 26.3 Å². The molecule has 2 aromatic rings. The molecule has 1 N–H and O–H groups in total. The van der Waals surface area contributed by atoms with Crippen LogP contribution in [0, 0.1) is 0 Å². The number of morpholine rings is 1. The van der Waals surface area contributed by atoms with Crippen LogP contribution in [0.4, 0.5) is 0 Å². The van der Waals surface area contributed by atoms with Crippen LogP contribution in [0.3, 0.4) is 0 Å². The number of carbonyl (C=O) groups excluding carboxylic acids is 1. The Balaban J connectivity index is 1.55. The first-order valence-corrected chi connectivity index (χ1v) is 9.66. The van der Waals surface area contributed by atoms with Crippen LogP contribution in [0.1, 0.15) is 48.7 Å². The summed E-state index contributed by atoms with van der Waals surface area (Å²) in [5, 5.41) is 4.15. The first kappa shape index (κ1) is 17.4. The van der Waals surface area contributed by atoms with E-state index in [1.807, 2.05) is 30.3 Å². The number of fused-ring (bicyclic) bond motifs is 1. The van der Waals surface area contributed by atoms with Crippen LogP contribution >= 0.6 is 0 Å². The fraction of sp³-hybridized carbons (Fsp3) is 0.524. The number of nitrogens with one attached hydrogen (secondary N) is 1. The minimum atomic E-state index is -0.00175. The summed E-state index contributed by atoms with van der Waals surface area (Å²) >= 11 is 0. The standard InChI is InChI=1S/C21H27N3O2/c1-14(15(2)24-9-11-26-12-10-24)22-21(25)18-13-20(16-7-8-16)23-19-6-4-3-5-17(18)19/h3-6,13-16H,7-12H2,1-2H3,(H,22,25). The minimum Gasteiger partial charge on any atom is -0.379 e. The first-order valence-electron chi connectivity index (χ1n) is 9.66. The molecule has 1 saturated carbocycles. The molecule has 0 bridgehead atoms. The van der Waals surface area contributed by atoms with E-state index in [9.17, 15) is 4.79 Å². The molecule has 1 amide bonds. The summed E-state index contributed by atoms with van der Waals surface area (Å²) in [4.78, 5) is 20.2. The molecular formula is C21H27N3O2. The molecule has 1 saturated heterocycles. The number of hydrogen-bond donors (Lipinski definition) is 1. The van der Waals surface area contributed by atoms with Crippen molar-refractivity contribution in [1.29, 1.82) is 0 Å². The molecule has 2 aliphatic rings. The van der Waals surface area contributed by atoms with Crippen molar-refractivity contribution in [3.05, 3.63) is 41.6 Å². The number of benzene rings is 1. The highest BCUT2D eigenvalue weighted by Crippen LogP contribution is 2.40. The van der Waals surface area contributed by atoms with Crippen molar-refractivity contribution in [3.8, 4) is 0 Å². The fourth-order valence-electron chi connectivity index (χ4n) is 3.68. The lowest BCUT2D eigenvalue weighted by Gasteiger charge is -2.35. The van der Waals surface area contributed by atoms with Crippen molar-refractivity contribution in [2.24, 2.45) is 0 Å². The van der Waals surface area contributed by atoms with Gasteiger partial charge in [-0.15, -0.1) is 0 Å². The van der Waals surface area contributed by atoms with Gasteiger partial charge in [0.2, 0.25) is 0 Å². The highest BCUT2D eigenvalue weighted by atomic mass is 16.5. The zero-order valence-corrected chi connectivity index (χ0v) is 15.6. The van der Waals surface area contributed by atoms with E-state index in [1.165, 1.54) is 12.8 Å². The Labute approximate surface area is 154 Å². The summed E-state index contributed by atoms with van der Waals surface area (Å²) in [6, 6.07) is 10.3. The average Bonchev–Trinajstić information content (AvgIpc) is 3.52. The molecule has 4 rings (SSSR count). The maximum Gasteiger partial charge on any atom is 0.252 e. The first-order chi connectivity index (χ1) is 12.6. The monoisotopic (exact) mass is 353 g/mol. The SMILES string of the molecule is CC(NC(=O)c1cc(C2CC2)nc2ccccc12)C(C)N1CCOCC1. The Morgan fingerprint density at radius 3 is 2.69 bits per heavy atom. The molecule has 1 aliphatic heterocycles. The van der Waals surface area contributed by atoms with Gasteiger partial charge in [0.15, 0.2) is 0 Å². The number of amides is 1. The van der Waals surface area contributed by atoms with Crippen LogP contribution in [0.15, 0.2) is 30.3 Å². The Kier molecular flexibility index (Phi) is 4.92. The lowest BCUT2D eigenvalue weighted by Crippen LogP contribution is -2.52. The van der Waals surface area contributed by atoms with E-state index in [1.54, 1.807) is 0 Å². The minimum absolute atomic E-state index is 0.00175. The Bertz CT molecular complexity index is 797. The molecule has 0 spiro atoms. The third-order valence-electron chi connectivity index (χ3n) is 5.68. The maximum atomic E-state index is 13.1. The van der Waals surface area contributed by atoms with E-state index < -0.39 is 0 Å². The summed E-state index contributed by atoms with van der Waals surface area (Å²) in [7, 11) is 0. The van der Waals surface area contributed by atoms with Crippen LogP contribution < -0.4 is 5.32 Å². The van der Waals surface area contributed by atoms with E-state index >= 15 is 0 Å². The van der Waals surface area contributed by atoms with Gasteiger partial charge in [-0.3, -0.25) is 14.7 Å². The molecule has 0 radical (unpaired) electrons. The predicted octanol–water partition coefficient (Wildman–Crippen LogP) is 2.95. The van der Waals surface area contributed by atoms with Crippen LogP contribution in [-0.2, 0) is 4.74 Å². The zero-order chi connectivity index (χ0) is 18.1. The number of para-hydroxylation sites is 1. The van der Waals surface area contributed by atoms with Crippen LogP contribution in [-0.4, -0.2) is 54.2 Å². The number of carbonyl (C=O) groups is 1. The van der Waals surface area contributed by atoms with E-state index in [2.05, 4.69) is 24.1 Å². The molecule has 2 fully saturated rings. The number of pyridine rings is 1. The van der Waals surface area contributed by atoms with Gasteiger partial charge in [-0.2, -0.15) is 0 Å². The lowest BCUT2D eigenvalue weighted by molar-refractivity contribution is 0.0137. The topological polar surface area (TPSA) is 54.5 Å². The summed E-state index contributed by atoms with van der Waals surface area (Å²) in [6.07, 6.45) is 2.35. The maximum absolute atomic E-state index is 13.1. The third kappa shape index (κ3) is 3.60. The number of rotatable bonds is 5. The van der Waals surface area contributed by atoms with Crippen molar-refractivity contribution < 1.29 is 9.53 Å². The summed E-state index contributed by atoms with van der Waals surface area (Å²) in [5.41, 5.74) is 2.72. The van der Waals surface area contributed by atoms with E-state index in [0.717, 1.165) is 48.5 Å². The van der Waals surface area contributed by atoms with Crippen molar-refractivity contribution in [1.82, 2.24) is 15.2 Å². The van der Waals surface area contributed by atoms with Crippen molar-refractivity contribution in [2.45, 2.75) is 44.7 Å². The number of nitrogens with zero attached hydrogens (tertiary/aromatic N) is 2. The second-order valence-corrected chi connectivity index (χ2v) is 7.54. The van der Waals surface area contributed by atoms with Crippen molar-refractivity contribution >= 4 is 16.8 Å². The van der Waals surface area contributed by atoms with E-state index in [0.29, 0.717) is 5.92 Å². The third-order valence-corrected chi connectivity index (χ3v) is 5.68. The number of hydrogen-bond acceptors (Lipinski definition) is 4. The molecule has 5 heteroatoms. The Morgan fingerprint density at radius 2 is 1.96 bits per heavy atom. The van der Waals surface area contributed by atoms with Gasteiger partial charge in [0, 0.05) is 42.2 Å². The van der Waals surface area contributed by atoms with Crippen LogP contribution in [0.5, 0.6) is 0 Å². The van der Waals surface area contributed by atoms with E-state index in [-0.39, 0.29) is 18.0 Å². The van der Waals surface area contributed by atoms with Crippen molar-refractivity contribution in [3.63, 3.8) is 0 Å². The number of ether oxygens (including phenoxy) is 1. The van der Waals surface area contributed by atoms with Gasteiger partial charge in [0.05, 0.1) is 24.3 Å². The lowest BCUT2D eigenvalue weighted by atomic mass is 10.0. The molecule has 138 valence electrons. The highest BCUT2D eigenvalue weighted by molar-refractivity contribution is 6.06. The van der Waals surface area contributed by atoms with Gasteiger partial charge < -0.3 is 10.1 Å².